The van der Waals surface area contributed by atoms with Gasteiger partial charge in [0.1, 0.15) is 11.4 Å². The third kappa shape index (κ3) is 4.13. The molecule has 0 radical (unpaired) electrons. The van der Waals surface area contributed by atoms with E-state index in [0.717, 1.165) is 23.1 Å². The summed E-state index contributed by atoms with van der Waals surface area (Å²) >= 11 is 0. The molecule has 1 saturated carbocycles. The number of fused-ring (bicyclic) bond motifs is 1. The lowest BCUT2D eigenvalue weighted by molar-refractivity contribution is 0.101. The molecule has 0 bridgehead atoms. The molecular weight excluding hydrogens is 460 g/mol. The molecule has 0 unspecified atom stereocenters. The molecule has 4 aromatic rings. The highest BCUT2D eigenvalue weighted by Crippen LogP contribution is 2.40. The van der Waals surface area contributed by atoms with Crippen LogP contribution in [0.15, 0.2) is 24.5 Å². The Morgan fingerprint density at radius 3 is 2.46 bits per heavy atom. The molecule has 11 nitrogen and oxygen atoms in total. The van der Waals surface area contributed by atoms with Crippen LogP contribution in [0.3, 0.4) is 0 Å². The summed E-state index contributed by atoms with van der Waals surface area (Å²) in [5.74, 6) is -0.999. The van der Waals surface area contributed by atoms with Crippen molar-refractivity contribution in [2.75, 3.05) is 10.6 Å². The van der Waals surface area contributed by atoms with E-state index < -0.39 is 18.2 Å². The van der Waals surface area contributed by atoms with E-state index in [0.29, 0.717) is 17.9 Å². The van der Waals surface area contributed by atoms with Gasteiger partial charge in [-0.3, -0.25) is 19.0 Å². The molecule has 1 aliphatic rings. The lowest BCUT2D eigenvalue weighted by atomic mass is 10.2. The second kappa shape index (κ2) is 8.56. The molecule has 2 N–H and O–H groups in total. The first kappa shape index (κ1) is 22.6. The van der Waals surface area contributed by atoms with Crippen molar-refractivity contribution in [2.24, 2.45) is 7.05 Å². The van der Waals surface area contributed by atoms with Crippen molar-refractivity contribution in [2.45, 2.75) is 45.6 Å². The fourth-order valence-corrected chi connectivity index (χ4v) is 3.82. The monoisotopic (exact) mass is 483 g/mol. The number of rotatable bonds is 7. The minimum atomic E-state index is -2.78. The summed E-state index contributed by atoms with van der Waals surface area (Å²) in [5.41, 5.74) is 1.90. The third-order valence-electron chi connectivity index (χ3n) is 6.01. The van der Waals surface area contributed by atoms with Gasteiger partial charge in [0.05, 0.1) is 29.5 Å². The van der Waals surface area contributed by atoms with Crippen molar-refractivity contribution in [3.63, 3.8) is 0 Å². The van der Waals surface area contributed by atoms with E-state index in [1.54, 1.807) is 11.7 Å². The maximum absolute atomic E-state index is 13.7. The Morgan fingerprint density at radius 2 is 1.83 bits per heavy atom. The Bertz CT molecular complexity index is 1450. The van der Waals surface area contributed by atoms with Crippen molar-refractivity contribution < 1.29 is 18.4 Å². The van der Waals surface area contributed by atoms with Crippen molar-refractivity contribution >= 4 is 28.8 Å². The van der Waals surface area contributed by atoms with Gasteiger partial charge >= 0.3 is 0 Å². The number of aryl methyl sites for hydroxylation is 2. The van der Waals surface area contributed by atoms with Crippen LogP contribution in [0.2, 0.25) is 0 Å². The molecule has 4 heterocycles. The van der Waals surface area contributed by atoms with Crippen LogP contribution in [0.5, 0.6) is 0 Å². The zero-order valence-electron chi connectivity index (χ0n) is 19.3. The first-order chi connectivity index (χ1) is 16.8. The summed E-state index contributed by atoms with van der Waals surface area (Å²) < 4.78 is 31.4. The van der Waals surface area contributed by atoms with E-state index >= 15 is 0 Å². The molecule has 13 heteroatoms. The highest BCUT2D eigenvalue weighted by Gasteiger charge is 2.29. The van der Waals surface area contributed by atoms with Crippen LogP contribution < -0.4 is 10.6 Å². The van der Waals surface area contributed by atoms with E-state index in [9.17, 15) is 18.4 Å². The molecule has 0 atom stereocenters. The fraction of sp³-hybridized carbons (Fsp3) is 0.364. The second-order valence-corrected chi connectivity index (χ2v) is 8.38. The Kier molecular flexibility index (Phi) is 5.53. The molecule has 182 valence electrons. The van der Waals surface area contributed by atoms with Crippen LogP contribution in [0, 0.1) is 6.92 Å². The van der Waals surface area contributed by atoms with Gasteiger partial charge in [0.25, 0.3) is 18.2 Å². The quantitative estimate of drug-likeness (QED) is 0.416. The van der Waals surface area contributed by atoms with Crippen LogP contribution in [0.25, 0.3) is 5.65 Å². The first-order valence-corrected chi connectivity index (χ1v) is 11.1. The maximum atomic E-state index is 13.7. The van der Waals surface area contributed by atoms with Crippen LogP contribution >= 0.6 is 0 Å². The van der Waals surface area contributed by atoms with Gasteiger partial charge in [-0.25, -0.2) is 18.3 Å². The van der Waals surface area contributed by atoms with Crippen molar-refractivity contribution in [3.05, 3.63) is 53.0 Å². The van der Waals surface area contributed by atoms with Crippen LogP contribution in [-0.4, -0.2) is 46.0 Å². The Morgan fingerprint density at radius 1 is 1.11 bits per heavy atom. The molecular formula is C22H23F2N9O2. The van der Waals surface area contributed by atoms with Gasteiger partial charge < -0.3 is 10.6 Å². The predicted octanol–water partition coefficient (Wildman–Crippen LogP) is 3.31. The third-order valence-corrected chi connectivity index (χ3v) is 6.01. The molecule has 1 aliphatic carbocycles. The first-order valence-electron chi connectivity index (χ1n) is 11.1. The number of anilines is 2. The number of amides is 2. The molecule has 5 rings (SSSR count). The highest BCUT2D eigenvalue weighted by molar-refractivity contribution is 6.11. The number of hydrogen-bond donors (Lipinski definition) is 2. The van der Waals surface area contributed by atoms with Crippen molar-refractivity contribution in [1.82, 2.24) is 34.2 Å². The number of nitrogens with zero attached hydrogens (tertiary/aromatic N) is 7. The number of halogens is 2. The van der Waals surface area contributed by atoms with E-state index in [4.69, 9.17) is 0 Å². The van der Waals surface area contributed by atoms with Crippen molar-refractivity contribution in [3.8, 4) is 0 Å². The average Bonchev–Trinajstić information content (AvgIpc) is 3.35. The van der Waals surface area contributed by atoms with E-state index in [1.165, 1.54) is 29.2 Å². The van der Waals surface area contributed by atoms with Crippen LogP contribution in [-0.2, 0) is 13.6 Å². The zero-order valence-corrected chi connectivity index (χ0v) is 19.3. The average molecular weight is 483 g/mol. The number of alkyl halides is 2. The lowest BCUT2D eigenvalue weighted by Gasteiger charge is -2.09. The number of nitrogens with one attached hydrogen (secondary N) is 2. The SMILES string of the molecule is CCn1ncc(NC(=O)c2cc3nc(C4CC4)cc(C(F)F)n3n2)c1C(=O)Nc1cnn(C)c1C. The summed E-state index contributed by atoms with van der Waals surface area (Å²) in [6.45, 7) is 3.99. The summed E-state index contributed by atoms with van der Waals surface area (Å²) in [6.07, 6.45) is 1.91. The molecule has 1 fully saturated rings. The van der Waals surface area contributed by atoms with Gasteiger partial charge in [-0.1, -0.05) is 0 Å². The van der Waals surface area contributed by atoms with Gasteiger partial charge in [0.15, 0.2) is 11.3 Å². The summed E-state index contributed by atoms with van der Waals surface area (Å²) in [7, 11) is 1.75. The van der Waals surface area contributed by atoms with Gasteiger partial charge in [-0.15, -0.1) is 0 Å². The van der Waals surface area contributed by atoms with Gasteiger partial charge in [0, 0.05) is 31.3 Å². The normalized spacial score (nSPS) is 13.5. The molecule has 0 saturated heterocycles. The number of aromatic nitrogens is 7. The van der Waals surface area contributed by atoms with Crippen LogP contribution in [0.1, 0.15) is 70.2 Å². The summed E-state index contributed by atoms with van der Waals surface area (Å²) in [4.78, 5) is 30.5. The topological polar surface area (TPSA) is 124 Å². The number of carbonyl (C=O) groups is 2. The number of carbonyl (C=O) groups excluding carboxylic acids is 2. The summed E-state index contributed by atoms with van der Waals surface area (Å²) in [5, 5.41) is 17.7. The van der Waals surface area contributed by atoms with Crippen LogP contribution in [0.4, 0.5) is 20.2 Å². The van der Waals surface area contributed by atoms with E-state index in [-0.39, 0.29) is 34.3 Å². The van der Waals surface area contributed by atoms with E-state index in [1.807, 2.05) is 13.8 Å². The van der Waals surface area contributed by atoms with E-state index in [2.05, 4.69) is 30.9 Å². The minimum absolute atomic E-state index is 0.106. The Labute approximate surface area is 198 Å². The van der Waals surface area contributed by atoms with Crippen molar-refractivity contribution in [1.29, 1.82) is 0 Å². The molecule has 2 amide bonds. The maximum Gasteiger partial charge on any atom is 0.280 e. The predicted molar refractivity (Wildman–Crippen MR) is 122 cm³/mol. The molecule has 4 aromatic heterocycles. The smallest absolute Gasteiger partial charge is 0.280 e. The molecule has 0 spiro atoms. The van der Waals surface area contributed by atoms with Gasteiger partial charge in [0.2, 0.25) is 0 Å². The van der Waals surface area contributed by atoms with Gasteiger partial charge in [-0.05, 0) is 32.8 Å². The molecule has 0 aromatic carbocycles. The Hall–Kier alpha value is -4.16. The zero-order chi connectivity index (χ0) is 24.9. The molecule has 35 heavy (non-hydrogen) atoms. The van der Waals surface area contributed by atoms with Gasteiger partial charge in [-0.2, -0.15) is 15.3 Å². The largest absolute Gasteiger partial charge is 0.318 e. The molecule has 0 aliphatic heterocycles. The number of hydrogen-bond acceptors (Lipinski definition) is 6. The standard InChI is InChI=1S/C22H23F2N9O2/c1-4-32-19(22(35)28-15-9-25-31(3)11(15)2)16(10-26-32)29-21(34)14-8-18-27-13(12-5-6-12)7-17(20(23)24)33(18)30-14/h7-10,12,20H,4-6H2,1-3H3,(H,28,35)(H,29,34). The summed E-state index contributed by atoms with van der Waals surface area (Å²) in [6, 6.07) is 2.70. The minimum Gasteiger partial charge on any atom is -0.318 e. The second-order valence-electron chi connectivity index (χ2n) is 8.38. The lowest BCUT2D eigenvalue weighted by Crippen LogP contribution is -2.21. The highest BCUT2D eigenvalue weighted by atomic mass is 19.3. The Balaban J connectivity index is 1.44. The fourth-order valence-electron chi connectivity index (χ4n) is 3.82.